The van der Waals surface area contributed by atoms with Gasteiger partial charge in [0, 0.05) is 11.6 Å². The summed E-state index contributed by atoms with van der Waals surface area (Å²) in [6, 6.07) is 13.7. The lowest BCUT2D eigenvalue weighted by molar-refractivity contribution is 0.480. The fourth-order valence-corrected chi connectivity index (χ4v) is 2.33. The van der Waals surface area contributed by atoms with Crippen molar-refractivity contribution >= 4 is 16.6 Å². The minimum atomic E-state index is 0.662. The fourth-order valence-electron chi connectivity index (χ4n) is 2.33. The number of hydrogen-bond acceptors (Lipinski definition) is 3. The Morgan fingerprint density at radius 3 is 2.45 bits per heavy atom. The Morgan fingerprint density at radius 1 is 0.950 bits per heavy atom. The van der Waals surface area contributed by atoms with Gasteiger partial charge in [-0.05, 0) is 49.2 Å². The van der Waals surface area contributed by atoms with Gasteiger partial charge in [0.05, 0.1) is 11.2 Å². The Balaban J connectivity index is 2.14. The number of nitrogens with two attached hydrogens (primary N) is 1. The number of para-hydroxylation sites is 1. The Kier molecular flexibility index (Phi) is 3.03. The van der Waals surface area contributed by atoms with Crippen molar-refractivity contribution in [1.29, 1.82) is 0 Å². The lowest BCUT2D eigenvalue weighted by Gasteiger charge is -2.13. The summed E-state index contributed by atoms with van der Waals surface area (Å²) in [6.07, 6.45) is 1.74. The van der Waals surface area contributed by atoms with Gasteiger partial charge in [0.15, 0.2) is 0 Å². The number of pyridine rings is 1. The van der Waals surface area contributed by atoms with Gasteiger partial charge < -0.3 is 10.5 Å². The lowest BCUT2D eigenvalue weighted by atomic mass is 10.1. The second-order valence-corrected chi connectivity index (χ2v) is 4.88. The Bertz CT molecular complexity index is 761. The molecule has 20 heavy (non-hydrogen) atoms. The molecular weight excluding hydrogens is 248 g/mol. The maximum absolute atomic E-state index is 6.11. The average Bonchev–Trinajstić information content (AvgIpc) is 2.46. The zero-order valence-electron chi connectivity index (χ0n) is 11.6. The van der Waals surface area contributed by atoms with Crippen LogP contribution in [0.5, 0.6) is 11.5 Å². The van der Waals surface area contributed by atoms with E-state index in [0.29, 0.717) is 5.69 Å². The molecule has 0 aliphatic carbocycles. The lowest BCUT2D eigenvalue weighted by Crippen LogP contribution is -1.94. The number of hydrogen-bond donors (Lipinski definition) is 1. The van der Waals surface area contributed by atoms with Gasteiger partial charge in [-0.25, -0.2) is 0 Å². The number of anilines is 1. The first kappa shape index (κ1) is 12.5. The van der Waals surface area contributed by atoms with Crippen molar-refractivity contribution in [2.45, 2.75) is 13.8 Å². The molecule has 2 aromatic carbocycles. The monoisotopic (exact) mass is 264 g/mol. The molecule has 1 heterocycles. The molecule has 3 nitrogen and oxygen atoms in total. The third-order valence-electron chi connectivity index (χ3n) is 3.38. The third kappa shape index (κ3) is 2.07. The molecule has 3 aromatic rings. The smallest absolute Gasteiger partial charge is 0.137 e. The second kappa shape index (κ2) is 4.85. The highest BCUT2D eigenvalue weighted by atomic mass is 16.5. The van der Waals surface area contributed by atoms with Crippen LogP contribution in [0.2, 0.25) is 0 Å². The highest BCUT2D eigenvalue weighted by molar-refractivity contribution is 5.93. The van der Waals surface area contributed by atoms with E-state index in [4.69, 9.17) is 10.5 Å². The summed E-state index contributed by atoms with van der Waals surface area (Å²) in [5.74, 6) is 1.67. The highest BCUT2D eigenvalue weighted by Crippen LogP contribution is 2.34. The van der Waals surface area contributed by atoms with Gasteiger partial charge in [-0.3, -0.25) is 4.98 Å². The summed E-state index contributed by atoms with van der Waals surface area (Å²) >= 11 is 0. The molecule has 0 atom stereocenters. The molecule has 2 N–H and O–H groups in total. The van der Waals surface area contributed by atoms with Crippen LogP contribution >= 0.6 is 0 Å². The SMILES string of the molecule is Cc1cccc(C)c1Oc1ccc(N)c2ncccc12. The van der Waals surface area contributed by atoms with Gasteiger partial charge >= 0.3 is 0 Å². The number of nitrogens with zero attached hydrogens (tertiary/aromatic N) is 1. The molecule has 0 bridgehead atoms. The van der Waals surface area contributed by atoms with E-state index in [1.54, 1.807) is 6.20 Å². The number of benzene rings is 2. The predicted octanol–water partition coefficient (Wildman–Crippen LogP) is 4.23. The third-order valence-corrected chi connectivity index (χ3v) is 3.38. The maximum atomic E-state index is 6.11. The van der Waals surface area contributed by atoms with E-state index >= 15 is 0 Å². The maximum Gasteiger partial charge on any atom is 0.137 e. The van der Waals surface area contributed by atoms with Crippen molar-refractivity contribution in [1.82, 2.24) is 4.98 Å². The van der Waals surface area contributed by atoms with Crippen LogP contribution in [-0.4, -0.2) is 4.98 Å². The normalized spacial score (nSPS) is 10.7. The molecule has 0 amide bonds. The largest absolute Gasteiger partial charge is 0.456 e. The van der Waals surface area contributed by atoms with E-state index in [9.17, 15) is 0 Å². The molecule has 0 aliphatic heterocycles. The molecular formula is C17H16N2O. The van der Waals surface area contributed by atoms with Crippen molar-refractivity contribution in [2.24, 2.45) is 0 Å². The van der Waals surface area contributed by atoms with Crippen LogP contribution < -0.4 is 10.5 Å². The molecule has 0 radical (unpaired) electrons. The summed E-state index contributed by atoms with van der Waals surface area (Å²) in [7, 11) is 0. The Hall–Kier alpha value is -2.55. The Morgan fingerprint density at radius 2 is 1.70 bits per heavy atom. The summed E-state index contributed by atoms with van der Waals surface area (Å²) < 4.78 is 6.11. The number of rotatable bonds is 2. The van der Waals surface area contributed by atoms with Crippen LogP contribution in [0.25, 0.3) is 10.9 Å². The van der Waals surface area contributed by atoms with Gasteiger partial charge in [-0.2, -0.15) is 0 Å². The number of aryl methyl sites for hydroxylation is 2. The van der Waals surface area contributed by atoms with E-state index in [1.165, 1.54) is 0 Å². The van der Waals surface area contributed by atoms with Crippen molar-refractivity contribution in [3.05, 3.63) is 59.8 Å². The molecule has 1 aromatic heterocycles. The quantitative estimate of drug-likeness (QED) is 0.705. The van der Waals surface area contributed by atoms with Crippen molar-refractivity contribution < 1.29 is 4.74 Å². The van der Waals surface area contributed by atoms with E-state index in [0.717, 1.165) is 33.5 Å². The molecule has 100 valence electrons. The van der Waals surface area contributed by atoms with Crippen molar-refractivity contribution in [3.63, 3.8) is 0 Å². The molecule has 0 fully saturated rings. The highest BCUT2D eigenvalue weighted by Gasteiger charge is 2.09. The van der Waals surface area contributed by atoms with E-state index in [-0.39, 0.29) is 0 Å². The molecule has 0 aliphatic rings. The van der Waals surface area contributed by atoms with Crippen LogP contribution in [0.3, 0.4) is 0 Å². The minimum absolute atomic E-state index is 0.662. The predicted molar refractivity (Wildman–Crippen MR) is 82.1 cm³/mol. The molecule has 0 spiro atoms. The number of ether oxygens (including phenoxy) is 1. The summed E-state index contributed by atoms with van der Waals surface area (Å²) in [5.41, 5.74) is 9.62. The van der Waals surface area contributed by atoms with Crippen LogP contribution in [0.15, 0.2) is 48.7 Å². The summed E-state index contributed by atoms with van der Waals surface area (Å²) in [4.78, 5) is 4.32. The Labute approximate surface area is 118 Å². The second-order valence-electron chi connectivity index (χ2n) is 4.88. The van der Waals surface area contributed by atoms with Crippen LogP contribution in [0.1, 0.15) is 11.1 Å². The van der Waals surface area contributed by atoms with Crippen molar-refractivity contribution in [2.75, 3.05) is 5.73 Å². The van der Waals surface area contributed by atoms with Gasteiger partial charge in [-0.15, -0.1) is 0 Å². The molecule has 3 rings (SSSR count). The number of aromatic nitrogens is 1. The first-order chi connectivity index (χ1) is 9.66. The van der Waals surface area contributed by atoms with E-state index < -0.39 is 0 Å². The first-order valence-corrected chi connectivity index (χ1v) is 6.54. The van der Waals surface area contributed by atoms with Gasteiger partial charge in [0.2, 0.25) is 0 Å². The van der Waals surface area contributed by atoms with E-state index in [2.05, 4.69) is 4.98 Å². The fraction of sp³-hybridized carbons (Fsp3) is 0.118. The summed E-state index contributed by atoms with van der Waals surface area (Å²) in [6.45, 7) is 4.08. The first-order valence-electron chi connectivity index (χ1n) is 6.54. The standard InChI is InChI=1S/C17H16N2O/c1-11-5-3-6-12(2)17(11)20-15-9-8-14(18)16-13(15)7-4-10-19-16/h3-10H,18H2,1-2H3. The zero-order chi connectivity index (χ0) is 14.1. The number of nitrogen functional groups attached to an aromatic ring is 1. The van der Waals surface area contributed by atoms with Gasteiger partial charge in [-0.1, -0.05) is 18.2 Å². The van der Waals surface area contributed by atoms with E-state index in [1.807, 2.05) is 56.3 Å². The molecule has 3 heteroatoms. The minimum Gasteiger partial charge on any atom is -0.456 e. The van der Waals surface area contributed by atoms with Gasteiger partial charge in [0.25, 0.3) is 0 Å². The van der Waals surface area contributed by atoms with Gasteiger partial charge in [0.1, 0.15) is 11.5 Å². The molecule has 0 saturated heterocycles. The van der Waals surface area contributed by atoms with Crippen molar-refractivity contribution in [3.8, 4) is 11.5 Å². The average molecular weight is 264 g/mol. The zero-order valence-corrected chi connectivity index (χ0v) is 11.6. The molecule has 0 unspecified atom stereocenters. The topological polar surface area (TPSA) is 48.1 Å². The number of fused-ring (bicyclic) bond motifs is 1. The molecule has 0 saturated carbocycles. The van der Waals surface area contributed by atoms with Crippen LogP contribution in [-0.2, 0) is 0 Å². The van der Waals surface area contributed by atoms with Crippen LogP contribution in [0, 0.1) is 13.8 Å². The van der Waals surface area contributed by atoms with Crippen LogP contribution in [0.4, 0.5) is 5.69 Å². The summed E-state index contributed by atoms with van der Waals surface area (Å²) in [5, 5.41) is 0.926.